The fraction of sp³-hybridized carbons (Fsp3) is 0.294. The number of hydrogen-bond donors (Lipinski definition) is 1. The lowest BCUT2D eigenvalue weighted by Crippen LogP contribution is -2.10. The van der Waals surface area contributed by atoms with E-state index in [0.717, 1.165) is 11.3 Å². The van der Waals surface area contributed by atoms with Gasteiger partial charge in [-0.25, -0.2) is 0 Å². The van der Waals surface area contributed by atoms with E-state index in [1.54, 1.807) is 0 Å². The van der Waals surface area contributed by atoms with Crippen LogP contribution in [0.4, 0.5) is 0 Å². The Labute approximate surface area is 115 Å². The van der Waals surface area contributed by atoms with Gasteiger partial charge in [0.05, 0.1) is 0 Å². The molecule has 0 heterocycles. The van der Waals surface area contributed by atoms with Gasteiger partial charge < -0.3 is 10.5 Å². The topological polar surface area (TPSA) is 35.2 Å². The van der Waals surface area contributed by atoms with Crippen LogP contribution in [0.3, 0.4) is 0 Å². The highest BCUT2D eigenvalue weighted by molar-refractivity contribution is 5.39. The first-order valence-electron chi connectivity index (χ1n) is 6.65. The maximum Gasteiger partial charge on any atom is 0.125 e. The Morgan fingerprint density at radius 1 is 1.00 bits per heavy atom. The second kappa shape index (κ2) is 5.89. The molecule has 0 spiro atoms. The highest BCUT2D eigenvalue weighted by Crippen LogP contribution is 2.29. The fourth-order valence-corrected chi connectivity index (χ4v) is 2.10. The summed E-state index contributed by atoms with van der Waals surface area (Å²) < 4.78 is 6.09. The molecule has 0 saturated heterocycles. The monoisotopic (exact) mass is 255 g/mol. The Hall–Kier alpha value is -1.80. The van der Waals surface area contributed by atoms with Gasteiger partial charge in [0, 0.05) is 11.6 Å². The van der Waals surface area contributed by atoms with E-state index in [1.165, 1.54) is 11.1 Å². The van der Waals surface area contributed by atoms with Crippen LogP contribution in [-0.2, 0) is 0 Å². The van der Waals surface area contributed by atoms with Crippen molar-refractivity contribution in [3.63, 3.8) is 0 Å². The number of nitrogens with two attached hydrogens (primary N) is 1. The Balaban J connectivity index is 2.25. The lowest BCUT2D eigenvalue weighted by molar-refractivity contribution is 0.223. The number of aryl methyl sites for hydroxylation is 1. The highest BCUT2D eigenvalue weighted by Gasteiger charge is 2.12. The number of rotatable bonds is 4. The minimum absolute atomic E-state index is 0.0144. The van der Waals surface area contributed by atoms with Crippen LogP contribution in [-0.4, -0.2) is 0 Å². The van der Waals surface area contributed by atoms with E-state index >= 15 is 0 Å². The van der Waals surface area contributed by atoms with Crippen molar-refractivity contribution in [3.8, 4) is 5.75 Å². The van der Waals surface area contributed by atoms with Crippen molar-refractivity contribution in [2.24, 2.45) is 5.73 Å². The maximum absolute atomic E-state index is 6.09. The van der Waals surface area contributed by atoms with E-state index in [-0.39, 0.29) is 12.1 Å². The normalized spacial score (nSPS) is 13.9. The molecule has 2 atom stereocenters. The molecule has 2 aromatic carbocycles. The molecule has 0 fully saturated rings. The molecule has 0 amide bonds. The number of benzene rings is 2. The van der Waals surface area contributed by atoms with E-state index in [4.69, 9.17) is 10.5 Å². The van der Waals surface area contributed by atoms with Crippen LogP contribution in [0.15, 0.2) is 48.5 Å². The van der Waals surface area contributed by atoms with Gasteiger partial charge >= 0.3 is 0 Å². The fourth-order valence-electron chi connectivity index (χ4n) is 2.10. The zero-order valence-corrected chi connectivity index (χ0v) is 11.8. The van der Waals surface area contributed by atoms with E-state index in [0.29, 0.717) is 0 Å². The number of ether oxygens (including phenoxy) is 1. The summed E-state index contributed by atoms with van der Waals surface area (Å²) in [5, 5.41) is 0. The maximum atomic E-state index is 6.09. The smallest absolute Gasteiger partial charge is 0.125 e. The van der Waals surface area contributed by atoms with Crippen molar-refractivity contribution < 1.29 is 4.74 Å². The summed E-state index contributed by atoms with van der Waals surface area (Å²) >= 11 is 0. The van der Waals surface area contributed by atoms with Crippen molar-refractivity contribution in [1.82, 2.24) is 0 Å². The van der Waals surface area contributed by atoms with Gasteiger partial charge in [-0.2, -0.15) is 0 Å². The Bertz CT molecular complexity index is 534. The summed E-state index contributed by atoms with van der Waals surface area (Å²) in [6, 6.07) is 16.4. The molecule has 2 nitrogen and oxygen atoms in total. The van der Waals surface area contributed by atoms with Crippen molar-refractivity contribution in [2.45, 2.75) is 32.9 Å². The molecule has 0 radical (unpaired) electrons. The van der Waals surface area contributed by atoms with Crippen LogP contribution in [0, 0.1) is 6.92 Å². The lowest BCUT2D eigenvalue weighted by atomic mass is 10.1. The molecule has 2 heteroatoms. The summed E-state index contributed by atoms with van der Waals surface area (Å²) in [6.07, 6.45) is 0.0144. The Morgan fingerprint density at radius 2 is 1.68 bits per heavy atom. The molecule has 0 aliphatic carbocycles. The van der Waals surface area contributed by atoms with Crippen LogP contribution < -0.4 is 10.5 Å². The average Bonchev–Trinajstić information content (AvgIpc) is 2.39. The van der Waals surface area contributed by atoms with Gasteiger partial charge in [0.1, 0.15) is 11.9 Å². The van der Waals surface area contributed by atoms with Gasteiger partial charge in [-0.3, -0.25) is 0 Å². The minimum Gasteiger partial charge on any atom is -0.486 e. The molecular weight excluding hydrogens is 234 g/mol. The largest absolute Gasteiger partial charge is 0.486 e. The molecule has 0 aromatic heterocycles. The predicted octanol–water partition coefficient (Wildman–Crippen LogP) is 4.15. The molecule has 0 aliphatic heterocycles. The van der Waals surface area contributed by atoms with Gasteiger partial charge in [-0.1, -0.05) is 42.5 Å². The predicted molar refractivity (Wildman–Crippen MR) is 79.3 cm³/mol. The van der Waals surface area contributed by atoms with Crippen LogP contribution in [0.1, 0.15) is 42.7 Å². The van der Waals surface area contributed by atoms with Gasteiger partial charge in [0.2, 0.25) is 0 Å². The quantitative estimate of drug-likeness (QED) is 0.890. The van der Waals surface area contributed by atoms with Gasteiger partial charge in [0.25, 0.3) is 0 Å². The van der Waals surface area contributed by atoms with Crippen LogP contribution in [0.2, 0.25) is 0 Å². The van der Waals surface area contributed by atoms with Crippen molar-refractivity contribution >= 4 is 0 Å². The van der Waals surface area contributed by atoms with Gasteiger partial charge in [-0.05, 0) is 38.0 Å². The van der Waals surface area contributed by atoms with Crippen LogP contribution in [0.5, 0.6) is 5.75 Å². The molecule has 100 valence electrons. The molecule has 2 rings (SSSR count). The summed E-state index contributed by atoms with van der Waals surface area (Å²) in [7, 11) is 0. The van der Waals surface area contributed by atoms with E-state index in [9.17, 15) is 0 Å². The van der Waals surface area contributed by atoms with Crippen LogP contribution in [0.25, 0.3) is 0 Å². The van der Waals surface area contributed by atoms with Crippen LogP contribution >= 0.6 is 0 Å². The highest BCUT2D eigenvalue weighted by atomic mass is 16.5. The third-order valence-corrected chi connectivity index (χ3v) is 3.23. The van der Waals surface area contributed by atoms with Crippen molar-refractivity contribution in [1.29, 1.82) is 0 Å². The molecular formula is C17H21NO. The lowest BCUT2D eigenvalue weighted by Gasteiger charge is -2.20. The SMILES string of the molecule is Cc1ccc([C@@H](C)N)c(OC(C)c2ccccc2)c1. The first kappa shape index (κ1) is 13.6. The zero-order chi connectivity index (χ0) is 13.8. The second-order valence-corrected chi connectivity index (χ2v) is 5.00. The second-order valence-electron chi connectivity index (χ2n) is 5.00. The Kier molecular flexibility index (Phi) is 4.23. The standard InChI is InChI=1S/C17H21NO/c1-12-9-10-16(13(2)18)17(11-12)19-14(3)15-7-5-4-6-8-15/h4-11,13-14H,18H2,1-3H3/t13-,14?/m1/s1. The van der Waals surface area contributed by atoms with Gasteiger partial charge in [0.15, 0.2) is 0 Å². The first-order valence-corrected chi connectivity index (χ1v) is 6.65. The molecule has 2 aromatic rings. The van der Waals surface area contributed by atoms with E-state index in [2.05, 4.69) is 38.1 Å². The summed E-state index contributed by atoms with van der Waals surface area (Å²) in [5.74, 6) is 0.881. The number of hydrogen-bond acceptors (Lipinski definition) is 2. The molecule has 0 saturated carbocycles. The first-order chi connectivity index (χ1) is 9.08. The van der Waals surface area contributed by atoms with Gasteiger partial charge in [-0.15, -0.1) is 0 Å². The molecule has 1 unspecified atom stereocenters. The Morgan fingerprint density at radius 3 is 2.32 bits per heavy atom. The third kappa shape index (κ3) is 3.36. The molecule has 0 aliphatic rings. The van der Waals surface area contributed by atoms with Crippen molar-refractivity contribution in [3.05, 3.63) is 65.2 Å². The summed E-state index contributed by atoms with van der Waals surface area (Å²) in [5.41, 5.74) is 9.39. The minimum atomic E-state index is -0.0291. The molecule has 2 N–H and O–H groups in total. The van der Waals surface area contributed by atoms with E-state index < -0.39 is 0 Å². The average molecular weight is 255 g/mol. The molecule has 19 heavy (non-hydrogen) atoms. The third-order valence-electron chi connectivity index (χ3n) is 3.23. The van der Waals surface area contributed by atoms with E-state index in [1.807, 2.05) is 31.2 Å². The van der Waals surface area contributed by atoms with Crippen molar-refractivity contribution in [2.75, 3.05) is 0 Å². The summed E-state index contributed by atoms with van der Waals surface area (Å²) in [6.45, 7) is 6.10. The zero-order valence-electron chi connectivity index (χ0n) is 11.8. The molecule has 0 bridgehead atoms. The summed E-state index contributed by atoms with van der Waals surface area (Å²) in [4.78, 5) is 0.